The Morgan fingerprint density at radius 2 is 2.05 bits per heavy atom. The highest BCUT2D eigenvalue weighted by atomic mass is 32.1. The van der Waals surface area contributed by atoms with Crippen molar-refractivity contribution >= 4 is 22.7 Å². The summed E-state index contributed by atoms with van der Waals surface area (Å²) in [6.45, 7) is 0. The Bertz CT molecular complexity index is 685. The molecule has 0 saturated heterocycles. The second-order valence-electron chi connectivity index (χ2n) is 3.84. The summed E-state index contributed by atoms with van der Waals surface area (Å²) in [5, 5.41) is 11.8. The van der Waals surface area contributed by atoms with E-state index in [1.165, 1.54) is 11.3 Å². The highest BCUT2D eigenvalue weighted by Gasteiger charge is 2.03. The van der Waals surface area contributed by atoms with Gasteiger partial charge >= 0.3 is 0 Å². The van der Waals surface area contributed by atoms with Gasteiger partial charge in [-0.3, -0.25) is 0 Å². The molecule has 2 aromatic heterocycles. The number of aromatic hydroxyl groups is 1. The average molecular weight is 270 g/mol. The number of rotatable bonds is 3. The third-order valence-electron chi connectivity index (χ3n) is 2.50. The standard InChI is InChI=1S/C14H10N2O2S/c17-11-5-3-10(4-6-11)13-9-19-14(16-13)15-8-12-2-1-7-18-12/h1-9,17H/b15-8+. The number of phenolic OH excluding ortho intramolecular Hbond substituents is 1. The molecule has 0 aliphatic heterocycles. The third kappa shape index (κ3) is 2.71. The molecule has 3 aromatic rings. The van der Waals surface area contributed by atoms with E-state index >= 15 is 0 Å². The maximum Gasteiger partial charge on any atom is 0.209 e. The average Bonchev–Trinajstić information content (AvgIpc) is 3.09. The van der Waals surface area contributed by atoms with Gasteiger partial charge in [-0.15, -0.1) is 11.3 Å². The minimum atomic E-state index is 0.245. The summed E-state index contributed by atoms with van der Waals surface area (Å²) < 4.78 is 5.16. The number of thiazole rings is 1. The molecule has 1 aromatic carbocycles. The first-order chi connectivity index (χ1) is 9.31. The smallest absolute Gasteiger partial charge is 0.209 e. The van der Waals surface area contributed by atoms with E-state index in [1.807, 2.05) is 29.6 Å². The van der Waals surface area contributed by atoms with Crippen LogP contribution in [0.3, 0.4) is 0 Å². The van der Waals surface area contributed by atoms with Crippen LogP contribution in [0.5, 0.6) is 5.75 Å². The van der Waals surface area contributed by atoms with Crippen molar-refractivity contribution in [3.63, 3.8) is 0 Å². The lowest BCUT2D eigenvalue weighted by Gasteiger charge is -1.95. The van der Waals surface area contributed by atoms with Crippen LogP contribution in [0, 0.1) is 0 Å². The molecule has 0 radical (unpaired) electrons. The molecular formula is C14H10N2O2S. The zero-order valence-corrected chi connectivity index (χ0v) is 10.7. The lowest BCUT2D eigenvalue weighted by Crippen LogP contribution is -1.77. The molecule has 0 unspecified atom stereocenters. The highest BCUT2D eigenvalue weighted by molar-refractivity contribution is 7.13. The van der Waals surface area contributed by atoms with Gasteiger partial charge in [0.2, 0.25) is 5.13 Å². The summed E-state index contributed by atoms with van der Waals surface area (Å²) in [5.74, 6) is 0.941. The fraction of sp³-hybridized carbons (Fsp3) is 0. The molecule has 2 heterocycles. The lowest BCUT2D eigenvalue weighted by atomic mass is 10.2. The molecule has 3 rings (SSSR count). The summed E-state index contributed by atoms with van der Waals surface area (Å²) in [6, 6.07) is 10.6. The molecule has 19 heavy (non-hydrogen) atoms. The second kappa shape index (κ2) is 5.07. The van der Waals surface area contributed by atoms with Crippen molar-refractivity contribution in [2.45, 2.75) is 0 Å². The van der Waals surface area contributed by atoms with Crippen LogP contribution < -0.4 is 0 Å². The largest absolute Gasteiger partial charge is 0.508 e. The van der Waals surface area contributed by atoms with Gasteiger partial charge in [0.1, 0.15) is 11.5 Å². The van der Waals surface area contributed by atoms with E-state index in [0.717, 1.165) is 11.3 Å². The van der Waals surface area contributed by atoms with E-state index < -0.39 is 0 Å². The molecule has 1 N–H and O–H groups in total. The first-order valence-electron chi connectivity index (χ1n) is 5.64. The molecule has 0 bridgehead atoms. The molecule has 0 saturated carbocycles. The van der Waals surface area contributed by atoms with Crippen molar-refractivity contribution in [1.29, 1.82) is 0 Å². The predicted molar refractivity (Wildman–Crippen MR) is 75.2 cm³/mol. The number of furan rings is 1. The van der Waals surface area contributed by atoms with Gasteiger partial charge < -0.3 is 9.52 Å². The van der Waals surface area contributed by atoms with Crippen molar-refractivity contribution in [2.24, 2.45) is 4.99 Å². The Morgan fingerprint density at radius 1 is 1.21 bits per heavy atom. The van der Waals surface area contributed by atoms with Crippen LogP contribution >= 0.6 is 11.3 Å². The number of nitrogens with zero attached hydrogens (tertiary/aromatic N) is 2. The SMILES string of the molecule is Oc1ccc(-c2csc(/N=C/c3ccco3)n2)cc1. The van der Waals surface area contributed by atoms with Crippen LogP contribution in [0.25, 0.3) is 11.3 Å². The number of benzene rings is 1. The van der Waals surface area contributed by atoms with Gasteiger partial charge in [0.25, 0.3) is 0 Å². The first kappa shape index (κ1) is 11.7. The molecule has 0 atom stereocenters. The van der Waals surface area contributed by atoms with Crippen LogP contribution in [0.4, 0.5) is 5.13 Å². The van der Waals surface area contributed by atoms with Gasteiger partial charge in [-0.1, -0.05) is 0 Å². The predicted octanol–water partition coefficient (Wildman–Crippen LogP) is 3.86. The van der Waals surface area contributed by atoms with E-state index in [0.29, 0.717) is 10.9 Å². The molecule has 0 aliphatic carbocycles. The molecular weight excluding hydrogens is 260 g/mol. The summed E-state index contributed by atoms with van der Waals surface area (Å²) >= 11 is 1.46. The Morgan fingerprint density at radius 3 is 2.79 bits per heavy atom. The monoisotopic (exact) mass is 270 g/mol. The van der Waals surface area contributed by atoms with Crippen molar-refractivity contribution in [3.8, 4) is 17.0 Å². The lowest BCUT2D eigenvalue weighted by molar-refractivity contribution is 0.475. The summed E-state index contributed by atoms with van der Waals surface area (Å²) in [4.78, 5) is 8.66. The molecule has 0 aliphatic rings. The van der Waals surface area contributed by atoms with Gasteiger partial charge in [-0.2, -0.15) is 0 Å². The molecule has 0 spiro atoms. The topological polar surface area (TPSA) is 58.6 Å². The van der Waals surface area contributed by atoms with Crippen LogP contribution in [0.2, 0.25) is 0 Å². The number of aliphatic imine (C=N–C) groups is 1. The quantitative estimate of drug-likeness (QED) is 0.735. The minimum absolute atomic E-state index is 0.245. The minimum Gasteiger partial charge on any atom is -0.508 e. The summed E-state index contributed by atoms with van der Waals surface area (Å²) in [6.07, 6.45) is 3.24. The Labute approximate surface area is 113 Å². The normalized spacial score (nSPS) is 11.2. The van der Waals surface area contributed by atoms with Gasteiger partial charge in [-0.05, 0) is 36.4 Å². The molecule has 94 valence electrons. The maximum atomic E-state index is 9.25. The zero-order chi connectivity index (χ0) is 13.1. The zero-order valence-electron chi connectivity index (χ0n) is 9.85. The number of aromatic nitrogens is 1. The number of phenols is 1. The Hall–Kier alpha value is -2.40. The highest BCUT2D eigenvalue weighted by Crippen LogP contribution is 2.27. The van der Waals surface area contributed by atoms with Crippen LogP contribution in [-0.4, -0.2) is 16.3 Å². The van der Waals surface area contributed by atoms with E-state index in [1.54, 1.807) is 24.6 Å². The summed E-state index contributed by atoms with van der Waals surface area (Å²) in [5.41, 5.74) is 1.80. The van der Waals surface area contributed by atoms with Crippen LogP contribution in [-0.2, 0) is 0 Å². The van der Waals surface area contributed by atoms with Crippen molar-refractivity contribution in [3.05, 3.63) is 53.8 Å². The maximum absolute atomic E-state index is 9.25. The number of hydrogen-bond donors (Lipinski definition) is 1. The van der Waals surface area contributed by atoms with Crippen molar-refractivity contribution in [1.82, 2.24) is 4.98 Å². The fourth-order valence-corrected chi connectivity index (χ4v) is 2.24. The third-order valence-corrected chi connectivity index (χ3v) is 3.25. The van der Waals surface area contributed by atoms with Crippen LogP contribution in [0.1, 0.15) is 5.76 Å². The Balaban J connectivity index is 1.81. The molecule has 0 amide bonds. The van der Waals surface area contributed by atoms with E-state index in [9.17, 15) is 5.11 Å². The fourth-order valence-electron chi connectivity index (χ4n) is 1.57. The molecule has 5 heteroatoms. The van der Waals surface area contributed by atoms with Gasteiger partial charge in [0.05, 0.1) is 18.2 Å². The van der Waals surface area contributed by atoms with E-state index in [2.05, 4.69) is 9.98 Å². The Kier molecular flexibility index (Phi) is 3.12. The molecule has 4 nitrogen and oxygen atoms in total. The van der Waals surface area contributed by atoms with Crippen LogP contribution in [0.15, 0.2) is 57.5 Å². The van der Waals surface area contributed by atoms with E-state index in [-0.39, 0.29) is 5.75 Å². The second-order valence-corrected chi connectivity index (χ2v) is 4.67. The van der Waals surface area contributed by atoms with Gasteiger partial charge in [-0.25, -0.2) is 9.98 Å². The summed E-state index contributed by atoms with van der Waals surface area (Å²) in [7, 11) is 0. The van der Waals surface area contributed by atoms with Crippen molar-refractivity contribution in [2.75, 3.05) is 0 Å². The van der Waals surface area contributed by atoms with E-state index in [4.69, 9.17) is 4.42 Å². The first-order valence-corrected chi connectivity index (χ1v) is 6.52. The number of hydrogen-bond acceptors (Lipinski definition) is 5. The molecule has 0 fully saturated rings. The van der Waals surface area contributed by atoms with Crippen molar-refractivity contribution < 1.29 is 9.52 Å². The van der Waals surface area contributed by atoms with Gasteiger partial charge in [0, 0.05) is 10.9 Å². The van der Waals surface area contributed by atoms with Gasteiger partial charge in [0.15, 0.2) is 0 Å².